The molecule has 1 unspecified atom stereocenters. The summed E-state index contributed by atoms with van der Waals surface area (Å²) in [5.74, 6) is -0.662. The van der Waals surface area contributed by atoms with E-state index in [4.69, 9.17) is 4.74 Å². The quantitative estimate of drug-likeness (QED) is 0.603. The van der Waals surface area contributed by atoms with Gasteiger partial charge in [-0.05, 0) is 12.1 Å². The SMILES string of the molecule is Cn1cc(C(=O)C2COc3ccccc3C2=O)cn1. The molecule has 1 aliphatic heterocycles. The van der Waals surface area contributed by atoms with E-state index in [1.165, 1.54) is 10.9 Å². The fourth-order valence-corrected chi connectivity index (χ4v) is 2.18. The van der Waals surface area contributed by atoms with E-state index in [1.807, 2.05) is 0 Å². The fraction of sp³-hybridized carbons (Fsp3) is 0.214. The second-order valence-electron chi connectivity index (χ2n) is 4.49. The maximum atomic E-state index is 12.3. The van der Waals surface area contributed by atoms with E-state index < -0.39 is 5.92 Å². The lowest BCUT2D eigenvalue weighted by Crippen LogP contribution is -2.34. The Bertz CT molecular complexity index is 660. The molecular formula is C14H12N2O3. The van der Waals surface area contributed by atoms with Gasteiger partial charge in [0.15, 0.2) is 11.6 Å². The molecule has 0 saturated heterocycles. The van der Waals surface area contributed by atoms with Crippen molar-refractivity contribution < 1.29 is 14.3 Å². The molecule has 1 aromatic heterocycles. The smallest absolute Gasteiger partial charge is 0.180 e. The fourth-order valence-electron chi connectivity index (χ4n) is 2.18. The molecule has 1 aliphatic rings. The molecule has 0 radical (unpaired) electrons. The summed E-state index contributed by atoms with van der Waals surface area (Å²) < 4.78 is 7.02. The second kappa shape index (κ2) is 4.35. The molecule has 19 heavy (non-hydrogen) atoms. The minimum atomic E-state index is -0.779. The van der Waals surface area contributed by atoms with E-state index in [2.05, 4.69) is 5.10 Å². The molecule has 0 amide bonds. The Kier molecular flexibility index (Phi) is 2.67. The zero-order valence-corrected chi connectivity index (χ0v) is 10.4. The summed E-state index contributed by atoms with van der Waals surface area (Å²) in [5.41, 5.74) is 0.903. The number of aryl methyl sites for hydroxylation is 1. The first kappa shape index (κ1) is 11.6. The molecule has 0 bridgehead atoms. The van der Waals surface area contributed by atoms with E-state index in [1.54, 1.807) is 37.5 Å². The molecular weight excluding hydrogens is 244 g/mol. The van der Waals surface area contributed by atoms with Gasteiger partial charge in [0.05, 0.1) is 17.3 Å². The number of ketones is 2. The highest BCUT2D eigenvalue weighted by Gasteiger charge is 2.34. The maximum absolute atomic E-state index is 12.3. The van der Waals surface area contributed by atoms with Gasteiger partial charge in [-0.15, -0.1) is 0 Å². The molecule has 5 nitrogen and oxygen atoms in total. The molecule has 0 spiro atoms. The number of fused-ring (bicyclic) bond motifs is 1. The van der Waals surface area contributed by atoms with Gasteiger partial charge < -0.3 is 4.74 Å². The summed E-state index contributed by atoms with van der Waals surface area (Å²) in [6.07, 6.45) is 3.08. The van der Waals surface area contributed by atoms with Crippen molar-refractivity contribution in [3.8, 4) is 5.75 Å². The van der Waals surface area contributed by atoms with Crippen LogP contribution < -0.4 is 4.74 Å². The van der Waals surface area contributed by atoms with Crippen LogP contribution in [-0.4, -0.2) is 28.0 Å². The van der Waals surface area contributed by atoms with E-state index in [0.717, 1.165) is 0 Å². The standard InChI is InChI=1S/C14H12N2O3/c1-16-7-9(6-15-16)13(17)11-8-19-12-5-3-2-4-10(12)14(11)18/h2-7,11H,8H2,1H3. The van der Waals surface area contributed by atoms with E-state index >= 15 is 0 Å². The molecule has 96 valence electrons. The van der Waals surface area contributed by atoms with Crippen molar-refractivity contribution in [3.05, 3.63) is 47.8 Å². The summed E-state index contributed by atoms with van der Waals surface area (Å²) in [7, 11) is 1.73. The van der Waals surface area contributed by atoms with Crippen molar-refractivity contribution in [2.75, 3.05) is 6.61 Å². The van der Waals surface area contributed by atoms with Crippen LogP contribution in [0.2, 0.25) is 0 Å². The number of para-hydroxylation sites is 1. The van der Waals surface area contributed by atoms with Gasteiger partial charge in [0, 0.05) is 13.2 Å². The lowest BCUT2D eigenvalue weighted by atomic mass is 9.89. The molecule has 2 heterocycles. The topological polar surface area (TPSA) is 61.2 Å². The van der Waals surface area contributed by atoms with Gasteiger partial charge in [-0.2, -0.15) is 5.10 Å². The molecule has 1 aromatic carbocycles. The zero-order chi connectivity index (χ0) is 13.4. The predicted molar refractivity (Wildman–Crippen MR) is 67.3 cm³/mol. The minimum absolute atomic E-state index is 0.0869. The van der Waals surface area contributed by atoms with Crippen LogP contribution in [0.1, 0.15) is 20.7 Å². The lowest BCUT2D eigenvalue weighted by Gasteiger charge is -2.22. The van der Waals surface area contributed by atoms with Crippen LogP contribution in [0.15, 0.2) is 36.7 Å². The van der Waals surface area contributed by atoms with Gasteiger partial charge in [-0.3, -0.25) is 14.3 Å². The number of hydrogen-bond acceptors (Lipinski definition) is 4. The Morgan fingerprint density at radius 2 is 2.21 bits per heavy atom. The first-order valence-corrected chi connectivity index (χ1v) is 5.95. The van der Waals surface area contributed by atoms with Crippen molar-refractivity contribution in [2.45, 2.75) is 0 Å². The third kappa shape index (κ3) is 1.93. The Balaban J connectivity index is 1.92. The van der Waals surface area contributed by atoms with Gasteiger partial charge >= 0.3 is 0 Å². The van der Waals surface area contributed by atoms with Crippen molar-refractivity contribution in [3.63, 3.8) is 0 Å². The number of benzene rings is 1. The first-order chi connectivity index (χ1) is 9.16. The van der Waals surface area contributed by atoms with Crippen LogP contribution in [0, 0.1) is 5.92 Å². The van der Waals surface area contributed by atoms with Crippen molar-refractivity contribution in [1.29, 1.82) is 0 Å². The Morgan fingerprint density at radius 3 is 2.95 bits per heavy atom. The third-order valence-electron chi connectivity index (χ3n) is 3.18. The highest BCUT2D eigenvalue weighted by Crippen LogP contribution is 2.28. The Labute approximate surface area is 109 Å². The van der Waals surface area contributed by atoms with Crippen LogP contribution in [-0.2, 0) is 7.05 Å². The average molecular weight is 256 g/mol. The number of ether oxygens (including phenoxy) is 1. The number of carbonyl (C=O) groups excluding carboxylic acids is 2. The summed E-state index contributed by atoms with van der Waals surface area (Å²) in [4.78, 5) is 24.6. The average Bonchev–Trinajstić information content (AvgIpc) is 2.85. The van der Waals surface area contributed by atoms with Gasteiger partial charge in [-0.25, -0.2) is 0 Å². The lowest BCUT2D eigenvalue weighted by molar-refractivity contribution is 0.0723. The maximum Gasteiger partial charge on any atom is 0.180 e. The minimum Gasteiger partial charge on any atom is -0.492 e. The van der Waals surface area contributed by atoms with Gasteiger partial charge in [0.2, 0.25) is 0 Å². The summed E-state index contributed by atoms with van der Waals surface area (Å²) in [5, 5.41) is 3.95. The van der Waals surface area contributed by atoms with Gasteiger partial charge in [0.25, 0.3) is 0 Å². The van der Waals surface area contributed by atoms with E-state index in [-0.39, 0.29) is 18.2 Å². The van der Waals surface area contributed by atoms with Gasteiger partial charge in [-0.1, -0.05) is 12.1 Å². The summed E-state index contributed by atoms with van der Waals surface area (Å²) >= 11 is 0. The van der Waals surface area contributed by atoms with E-state index in [9.17, 15) is 9.59 Å². The predicted octanol–water partition coefficient (Wildman–Crippen LogP) is 1.49. The molecule has 0 saturated carbocycles. The van der Waals surface area contributed by atoms with Gasteiger partial charge in [0.1, 0.15) is 18.3 Å². The third-order valence-corrected chi connectivity index (χ3v) is 3.18. The number of hydrogen-bond donors (Lipinski definition) is 0. The number of rotatable bonds is 2. The van der Waals surface area contributed by atoms with Crippen LogP contribution >= 0.6 is 0 Å². The summed E-state index contributed by atoms with van der Waals surface area (Å²) in [6, 6.07) is 6.98. The Morgan fingerprint density at radius 1 is 1.42 bits per heavy atom. The second-order valence-corrected chi connectivity index (χ2v) is 4.49. The van der Waals surface area contributed by atoms with E-state index in [0.29, 0.717) is 16.9 Å². The molecule has 5 heteroatoms. The highest BCUT2D eigenvalue weighted by molar-refractivity contribution is 6.17. The summed E-state index contributed by atoms with van der Waals surface area (Å²) in [6.45, 7) is 0.0869. The monoisotopic (exact) mass is 256 g/mol. The molecule has 1 atom stereocenters. The largest absolute Gasteiger partial charge is 0.492 e. The Hall–Kier alpha value is -2.43. The van der Waals surface area contributed by atoms with Crippen molar-refractivity contribution in [1.82, 2.24) is 9.78 Å². The molecule has 0 N–H and O–H groups in total. The first-order valence-electron chi connectivity index (χ1n) is 5.95. The van der Waals surface area contributed by atoms with Crippen molar-refractivity contribution in [2.24, 2.45) is 13.0 Å². The van der Waals surface area contributed by atoms with Crippen LogP contribution in [0.5, 0.6) is 5.75 Å². The molecule has 0 fully saturated rings. The molecule has 2 aromatic rings. The molecule has 0 aliphatic carbocycles. The zero-order valence-electron chi connectivity index (χ0n) is 10.4. The highest BCUT2D eigenvalue weighted by atomic mass is 16.5. The number of nitrogens with zero attached hydrogens (tertiary/aromatic N) is 2. The van der Waals surface area contributed by atoms with Crippen LogP contribution in [0.25, 0.3) is 0 Å². The molecule has 3 rings (SSSR count). The van der Waals surface area contributed by atoms with Crippen LogP contribution in [0.4, 0.5) is 0 Å². The van der Waals surface area contributed by atoms with Crippen LogP contribution in [0.3, 0.4) is 0 Å². The number of Topliss-reactive ketones (excluding diaryl/α,β-unsaturated/α-hetero) is 2. The number of carbonyl (C=O) groups is 2. The normalized spacial score (nSPS) is 17.7. The van der Waals surface area contributed by atoms with Crippen molar-refractivity contribution >= 4 is 11.6 Å². The number of aromatic nitrogens is 2.